The molecule has 5 nitrogen and oxygen atoms in total. The third-order valence-electron chi connectivity index (χ3n) is 4.27. The summed E-state index contributed by atoms with van der Waals surface area (Å²) in [5.41, 5.74) is 3.97. The van der Waals surface area contributed by atoms with Gasteiger partial charge in [0.05, 0.1) is 12.2 Å². The molecule has 0 saturated carbocycles. The molecule has 0 fully saturated rings. The molecule has 2 rings (SSSR count). The lowest BCUT2D eigenvalue weighted by molar-refractivity contribution is -0.122. The van der Waals surface area contributed by atoms with Gasteiger partial charge >= 0.3 is 5.97 Å². The van der Waals surface area contributed by atoms with Crippen molar-refractivity contribution in [2.45, 2.75) is 47.1 Å². The highest BCUT2D eigenvalue weighted by atomic mass is 16.5. The number of anilines is 1. The molecule has 0 spiro atoms. The Balaban J connectivity index is 2.12. The Morgan fingerprint density at radius 2 is 1.74 bits per heavy atom. The number of benzene rings is 2. The van der Waals surface area contributed by atoms with E-state index in [1.807, 2.05) is 45.9 Å². The Bertz CT molecular complexity index is 829. The predicted molar refractivity (Wildman–Crippen MR) is 106 cm³/mol. The quantitative estimate of drug-likeness (QED) is 0.725. The molecule has 0 aliphatic rings. The molecule has 0 aliphatic carbocycles. The molecule has 0 radical (unpaired) electrons. The van der Waals surface area contributed by atoms with Crippen LogP contribution in [-0.2, 0) is 9.53 Å². The highest BCUT2D eigenvalue weighted by molar-refractivity contribution is 5.96. The van der Waals surface area contributed by atoms with Gasteiger partial charge in [0.2, 0.25) is 0 Å². The van der Waals surface area contributed by atoms with Crippen molar-refractivity contribution in [3.63, 3.8) is 0 Å². The monoisotopic (exact) mass is 369 g/mol. The van der Waals surface area contributed by atoms with Gasteiger partial charge in [0.15, 0.2) is 6.10 Å². The van der Waals surface area contributed by atoms with Crippen molar-refractivity contribution in [1.82, 2.24) is 0 Å². The summed E-state index contributed by atoms with van der Waals surface area (Å²) in [6, 6.07) is 11.0. The average molecular weight is 369 g/mol. The normalized spacial score (nSPS) is 11.6. The van der Waals surface area contributed by atoms with Gasteiger partial charge in [-0.15, -0.1) is 0 Å². The SMILES string of the molecule is CCOC(=O)c1ccc(NC(=O)C(CC)Oc2cc(C)ccc2C)c(C)c1. The van der Waals surface area contributed by atoms with E-state index in [0.29, 0.717) is 30.0 Å². The number of amides is 1. The molecule has 0 saturated heterocycles. The predicted octanol–water partition coefficient (Wildman–Crippen LogP) is 4.58. The third kappa shape index (κ3) is 5.33. The van der Waals surface area contributed by atoms with Crippen LogP contribution in [0.25, 0.3) is 0 Å². The minimum Gasteiger partial charge on any atom is -0.480 e. The largest absolute Gasteiger partial charge is 0.480 e. The molecule has 1 amide bonds. The van der Waals surface area contributed by atoms with Gasteiger partial charge in [-0.25, -0.2) is 4.79 Å². The van der Waals surface area contributed by atoms with Crippen LogP contribution in [0.15, 0.2) is 36.4 Å². The number of esters is 1. The van der Waals surface area contributed by atoms with Crippen molar-refractivity contribution in [3.05, 3.63) is 58.7 Å². The molecule has 27 heavy (non-hydrogen) atoms. The lowest BCUT2D eigenvalue weighted by atomic mass is 10.1. The summed E-state index contributed by atoms with van der Waals surface area (Å²) in [5.74, 6) is 0.125. The molecular weight excluding hydrogens is 342 g/mol. The first kappa shape index (κ1) is 20.5. The number of carbonyl (C=O) groups excluding carboxylic acids is 2. The summed E-state index contributed by atoms with van der Waals surface area (Å²) in [4.78, 5) is 24.5. The first-order chi connectivity index (χ1) is 12.8. The molecule has 5 heteroatoms. The van der Waals surface area contributed by atoms with Gasteiger partial charge in [-0.1, -0.05) is 19.1 Å². The molecule has 0 aromatic heterocycles. The lowest BCUT2D eigenvalue weighted by Gasteiger charge is -2.20. The Kier molecular flexibility index (Phi) is 6.99. The second kappa shape index (κ2) is 9.21. The van der Waals surface area contributed by atoms with Crippen LogP contribution in [0, 0.1) is 20.8 Å². The maximum absolute atomic E-state index is 12.7. The van der Waals surface area contributed by atoms with Gasteiger partial charge in [-0.05, 0) is 75.1 Å². The zero-order valence-electron chi connectivity index (χ0n) is 16.6. The summed E-state index contributed by atoms with van der Waals surface area (Å²) in [5, 5.41) is 2.90. The fourth-order valence-electron chi connectivity index (χ4n) is 2.67. The number of nitrogens with one attached hydrogen (secondary N) is 1. The summed E-state index contributed by atoms with van der Waals surface area (Å²) < 4.78 is 11.0. The summed E-state index contributed by atoms with van der Waals surface area (Å²) in [7, 11) is 0. The number of hydrogen-bond acceptors (Lipinski definition) is 4. The molecule has 1 N–H and O–H groups in total. The zero-order chi connectivity index (χ0) is 20.0. The number of aryl methyl sites for hydroxylation is 3. The van der Waals surface area contributed by atoms with Gasteiger partial charge in [-0.2, -0.15) is 0 Å². The van der Waals surface area contributed by atoms with Crippen LogP contribution in [0.1, 0.15) is 47.3 Å². The highest BCUT2D eigenvalue weighted by Crippen LogP contribution is 2.23. The first-order valence-electron chi connectivity index (χ1n) is 9.18. The summed E-state index contributed by atoms with van der Waals surface area (Å²) >= 11 is 0. The second-order valence-corrected chi connectivity index (χ2v) is 6.52. The van der Waals surface area contributed by atoms with Crippen LogP contribution < -0.4 is 10.1 Å². The van der Waals surface area contributed by atoms with Gasteiger partial charge < -0.3 is 14.8 Å². The van der Waals surface area contributed by atoms with E-state index in [9.17, 15) is 9.59 Å². The topological polar surface area (TPSA) is 64.6 Å². The van der Waals surface area contributed by atoms with Crippen molar-refractivity contribution in [2.75, 3.05) is 11.9 Å². The Morgan fingerprint density at radius 3 is 2.37 bits per heavy atom. The van der Waals surface area contributed by atoms with Crippen LogP contribution in [0.4, 0.5) is 5.69 Å². The zero-order valence-corrected chi connectivity index (χ0v) is 16.6. The Hall–Kier alpha value is -2.82. The van der Waals surface area contributed by atoms with Crippen LogP contribution in [0.3, 0.4) is 0 Å². The molecule has 0 heterocycles. The van der Waals surface area contributed by atoms with E-state index >= 15 is 0 Å². The first-order valence-corrected chi connectivity index (χ1v) is 9.18. The maximum atomic E-state index is 12.7. The standard InChI is InChI=1S/C22H27NO4/c1-6-19(27-20-12-14(3)8-9-15(20)4)21(24)23-18-11-10-17(13-16(18)5)22(25)26-7-2/h8-13,19H,6-7H2,1-5H3,(H,23,24). The van der Waals surface area contributed by atoms with Crippen LogP contribution in [-0.4, -0.2) is 24.6 Å². The molecule has 1 unspecified atom stereocenters. The maximum Gasteiger partial charge on any atom is 0.338 e. The number of carbonyl (C=O) groups is 2. The number of ether oxygens (including phenoxy) is 2. The Morgan fingerprint density at radius 1 is 1.00 bits per heavy atom. The van der Waals surface area contributed by atoms with E-state index in [-0.39, 0.29) is 11.9 Å². The number of rotatable bonds is 7. The van der Waals surface area contributed by atoms with E-state index < -0.39 is 6.10 Å². The van der Waals surface area contributed by atoms with Gasteiger partial charge in [0.25, 0.3) is 5.91 Å². The van der Waals surface area contributed by atoms with Gasteiger partial charge in [0, 0.05) is 5.69 Å². The minimum absolute atomic E-state index is 0.217. The van der Waals surface area contributed by atoms with E-state index in [1.54, 1.807) is 25.1 Å². The summed E-state index contributed by atoms with van der Waals surface area (Å²) in [6.07, 6.45) is -0.0613. The second-order valence-electron chi connectivity index (χ2n) is 6.52. The molecule has 144 valence electrons. The van der Waals surface area contributed by atoms with E-state index in [1.165, 1.54) is 0 Å². The molecular formula is C22H27NO4. The fraction of sp³-hybridized carbons (Fsp3) is 0.364. The molecule has 0 aliphatic heterocycles. The molecule has 2 aromatic rings. The van der Waals surface area contributed by atoms with Crippen LogP contribution >= 0.6 is 0 Å². The minimum atomic E-state index is -0.602. The van der Waals surface area contributed by atoms with Gasteiger partial charge in [-0.3, -0.25) is 4.79 Å². The van der Waals surface area contributed by atoms with Crippen molar-refractivity contribution in [3.8, 4) is 5.75 Å². The smallest absolute Gasteiger partial charge is 0.338 e. The molecule has 1 atom stereocenters. The van der Waals surface area contributed by atoms with Crippen LogP contribution in [0.2, 0.25) is 0 Å². The molecule has 0 bridgehead atoms. The van der Waals surface area contributed by atoms with Crippen molar-refractivity contribution in [1.29, 1.82) is 0 Å². The van der Waals surface area contributed by atoms with E-state index in [0.717, 1.165) is 16.7 Å². The Labute approximate surface area is 160 Å². The third-order valence-corrected chi connectivity index (χ3v) is 4.27. The fourth-order valence-corrected chi connectivity index (χ4v) is 2.67. The lowest BCUT2D eigenvalue weighted by Crippen LogP contribution is -2.32. The summed E-state index contributed by atoms with van der Waals surface area (Å²) in [6.45, 7) is 9.78. The van der Waals surface area contributed by atoms with Crippen molar-refractivity contribution >= 4 is 17.6 Å². The highest BCUT2D eigenvalue weighted by Gasteiger charge is 2.20. The van der Waals surface area contributed by atoms with Crippen molar-refractivity contribution < 1.29 is 19.1 Å². The van der Waals surface area contributed by atoms with E-state index in [2.05, 4.69) is 5.32 Å². The van der Waals surface area contributed by atoms with Crippen LogP contribution in [0.5, 0.6) is 5.75 Å². The number of hydrogen-bond donors (Lipinski definition) is 1. The van der Waals surface area contributed by atoms with Gasteiger partial charge in [0.1, 0.15) is 5.75 Å². The van der Waals surface area contributed by atoms with Crippen molar-refractivity contribution in [2.24, 2.45) is 0 Å². The van der Waals surface area contributed by atoms with E-state index in [4.69, 9.17) is 9.47 Å². The molecule has 2 aromatic carbocycles. The average Bonchev–Trinajstić information content (AvgIpc) is 2.64.